The fourth-order valence-electron chi connectivity index (χ4n) is 3.56. The van der Waals surface area contributed by atoms with Crippen LogP contribution in [0, 0.1) is 0 Å². The fraction of sp³-hybridized carbons (Fsp3) is 0.417. The molecule has 160 valence electrons. The molecule has 0 saturated heterocycles. The summed E-state index contributed by atoms with van der Waals surface area (Å²) < 4.78 is 5.53. The lowest BCUT2D eigenvalue weighted by Gasteiger charge is -2.37. The molecule has 2 aromatic carbocycles. The second kappa shape index (κ2) is 9.30. The molecule has 6 nitrogen and oxygen atoms in total. The van der Waals surface area contributed by atoms with Crippen molar-refractivity contribution in [2.45, 2.75) is 57.9 Å². The Kier molecular flexibility index (Phi) is 6.77. The van der Waals surface area contributed by atoms with Crippen molar-refractivity contribution in [3.8, 4) is 0 Å². The van der Waals surface area contributed by atoms with Gasteiger partial charge in [-0.05, 0) is 37.5 Å². The number of ether oxygens (including phenoxy) is 1. The second-order valence-electron chi connectivity index (χ2n) is 8.69. The van der Waals surface area contributed by atoms with E-state index in [2.05, 4.69) is 5.32 Å². The van der Waals surface area contributed by atoms with Crippen LogP contribution in [-0.2, 0) is 28.9 Å². The lowest BCUT2D eigenvalue weighted by Crippen LogP contribution is -2.54. The first-order chi connectivity index (χ1) is 14.2. The molecule has 2 amide bonds. The van der Waals surface area contributed by atoms with Crippen molar-refractivity contribution in [1.82, 2.24) is 10.2 Å². The molecule has 1 aliphatic heterocycles. The van der Waals surface area contributed by atoms with Gasteiger partial charge in [-0.15, -0.1) is 0 Å². The maximum atomic E-state index is 13.0. The van der Waals surface area contributed by atoms with Crippen LogP contribution >= 0.6 is 0 Å². The van der Waals surface area contributed by atoms with Crippen molar-refractivity contribution in [2.75, 3.05) is 6.54 Å². The Balaban J connectivity index is 1.68. The van der Waals surface area contributed by atoms with Crippen molar-refractivity contribution >= 4 is 12.0 Å². The Morgan fingerprint density at radius 3 is 2.40 bits per heavy atom. The van der Waals surface area contributed by atoms with Crippen LogP contribution in [0.1, 0.15) is 37.5 Å². The minimum absolute atomic E-state index is 0.119. The molecule has 0 spiro atoms. The number of hydrogen-bond acceptors (Lipinski definition) is 4. The summed E-state index contributed by atoms with van der Waals surface area (Å²) >= 11 is 0. The summed E-state index contributed by atoms with van der Waals surface area (Å²) in [5.41, 5.74) is 2.40. The second-order valence-corrected chi connectivity index (χ2v) is 8.69. The Hall–Kier alpha value is -2.86. The standard InChI is InChI=1S/C24H30N2O4/c1-24(2,3)30-23(29)26-16-19-12-8-7-11-18(19)14-21(26)22(28)25-15-20(27)13-17-9-5-4-6-10-17/h4-12,20-21,27H,13-16H2,1-3H3,(H,25,28)/t20-,21+/m1/s1. The van der Waals surface area contributed by atoms with Crippen LogP contribution in [0.5, 0.6) is 0 Å². The summed E-state index contributed by atoms with van der Waals surface area (Å²) in [4.78, 5) is 27.2. The van der Waals surface area contributed by atoms with E-state index in [4.69, 9.17) is 4.74 Å². The molecule has 0 saturated carbocycles. The van der Waals surface area contributed by atoms with Crippen LogP contribution in [0.3, 0.4) is 0 Å². The zero-order chi connectivity index (χ0) is 21.7. The Morgan fingerprint density at radius 2 is 1.73 bits per heavy atom. The van der Waals surface area contributed by atoms with Gasteiger partial charge in [0.2, 0.25) is 5.91 Å². The summed E-state index contributed by atoms with van der Waals surface area (Å²) in [6, 6.07) is 16.7. The first-order valence-corrected chi connectivity index (χ1v) is 10.3. The summed E-state index contributed by atoms with van der Waals surface area (Å²) in [6.07, 6.45) is -0.357. The highest BCUT2D eigenvalue weighted by molar-refractivity contribution is 5.86. The Labute approximate surface area is 177 Å². The molecule has 2 atom stereocenters. The van der Waals surface area contributed by atoms with Crippen LogP contribution < -0.4 is 5.32 Å². The van der Waals surface area contributed by atoms with E-state index >= 15 is 0 Å². The molecule has 2 N–H and O–H groups in total. The summed E-state index contributed by atoms with van der Waals surface area (Å²) in [7, 11) is 0. The number of nitrogens with one attached hydrogen (secondary N) is 1. The van der Waals surface area contributed by atoms with Gasteiger partial charge in [0.25, 0.3) is 0 Å². The molecule has 1 aliphatic rings. The third-order valence-corrected chi connectivity index (χ3v) is 5.01. The fourth-order valence-corrected chi connectivity index (χ4v) is 3.56. The zero-order valence-corrected chi connectivity index (χ0v) is 17.8. The number of nitrogens with zero attached hydrogens (tertiary/aromatic N) is 1. The highest BCUT2D eigenvalue weighted by Gasteiger charge is 2.36. The van der Waals surface area contributed by atoms with E-state index in [0.29, 0.717) is 19.4 Å². The normalized spacial score (nSPS) is 17.1. The Morgan fingerprint density at radius 1 is 1.10 bits per heavy atom. The van der Waals surface area contributed by atoms with E-state index in [9.17, 15) is 14.7 Å². The molecule has 0 aromatic heterocycles. The lowest BCUT2D eigenvalue weighted by atomic mass is 9.93. The van der Waals surface area contributed by atoms with Crippen LogP contribution in [0.15, 0.2) is 54.6 Å². The highest BCUT2D eigenvalue weighted by atomic mass is 16.6. The van der Waals surface area contributed by atoms with Crippen LogP contribution in [0.2, 0.25) is 0 Å². The largest absolute Gasteiger partial charge is 0.444 e. The SMILES string of the molecule is CC(C)(C)OC(=O)N1Cc2ccccc2C[C@H]1C(=O)NC[C@H](O)Cc1ccccc1. The van der Waals surface area contributed by atoms with Gasteiger partial charge >= 0.3 is 6.09 Å². The molecule has 0 radical (unpaired) electrons. The first kappa shape index (κ1) is 21.8. The average molecular weight is 411 g/mol. The number of fused-ring (bicyclic) bond motifs is 1. The average Bonchev–Trinajstić information content (AvgIpc) is 2.70. The molecule has 0 bridgehead atoms. The van der Waals surface area contributed by atoms with Gasteiger partial charge in [0.15, 0.2) is 0 Å². The minimum Gasteiger partial charge on any atom is -0.444 e. The number of aliphatic hydroxyl groups excluding tert-OH is 1. The van der Waals surface area contributed by atoms with E-state index in [1.807, 2.05) is 54.6 Å². The minimum atomic E-state index is -0.706. The summed E-state index contributed by atoms with van der Waals surface area (Å²) in [6.45, 7) is 5.84. The monoisotopic (exact) mass is 410 g/mol. The van der Waals surface area contributed by atoms with E-state index in [1.54, 1.807) is 20.8 Å². The van der Waals surface area contributed by atoms with Gasteiger partial charge in [-0.25, -0.2) is 4.79 Å². The molecule has 0 unspecified atom stereocenters. The molecule has 0 aliphatic carbocycles. The number of carbonyl (C=O) groups is 2. The molecule has 3 rings (SSSR count). The van der Waals surface area contributed by atoms with Gasteiger partial charge in [0.1, 0.15) is 11.6 Å². The van der Waals surface area contributed by atoms with Crippen molar-refractivity contribution in [3.63, 3.8) is 0 Å². The predicted octanol–water partition coefficient (Wildman–Crippen LogP) is 3.07. The van der Waals surface area contributed by atoms with Crippen LogP contribution in [-0.4, -0.2) is 46.3 Å². The van der Waals surface area contributed by atoms with Gasteiger partial charge in [-0.2, -0.15) is 0 Å². The van der Waals surface area contributed by atoms with Gasteiger partial charge in [-0.1, -0.05) is 54.6 Å². The summed E-state index contributed by atoms with van der Waals surface area (Å²) in [5, 5.41) is 13.1. The number of amides is 2. The third kappa shape index (κ3) is 5.83. The van der Waals surface area contributed by atoms with Crippen molar-refractivity contribution < 1.29 is 19.4 Å². The van der Waals surface area contributed by atoms with Gasteiger partial charge in [-0.3, -0.25) is 9.69 Å². The third-order valence-electron chi connectivity index (χ3n) is 5.01. The lowest BCUT2D eigenvalue weighted by molar-refractivity contribution is -0.127. The number of hydrogen-bond donors (Lipinski definition) is 2. The number of rotatable bonds is 5. The zero-order valence-electron chi connectivity index (χ0n) is 17.8. The topological polar surface area (TPSA) is 78.9 Å². The maximum Gasteiger partial charge on any atom is 0.411 e. The quantitative estimate of drug-likeness (QED) is 0.794. The number of carbonyl (C=O) groups excluding carboxylic acids is 2. The molecule has 30 heavy (non-hydrogen) atoms. The number of benzene rings is 2. The van der Waals surface area contributed by atoms with E-state index < -0.39 is 23.8 Å². The molecule has 0 fully saturated rings. The van der Waals surface area contributed by atoms with E-state index in [1.165, 1.54) is 4.90 Å². The molecule has 1 heterocycles. The van der Waals surface area contributed by atoms with Gasteiger partial charge in [0.05, 0.1) is 12.6 Å². The predicted molar refractivity (Wildman–Crippen MR) is 115 cm³/mol. The smallest absolute Gasteiger partial charge is 0.411 e. The first-order valence-electron chi connectivity index (χ1n) is 10.3. The molecule has 6 heteroatoms. The van der Waals surface area contributed by atoms with Gasteiger partial charge in [0, 0.05) is 19.4 Å². The Bertz CT molecular complexity index is 876. The molecular weight excluding hydrogens is 380 g/mol. The number of aliphatic hydroxyl groups is 1. The van der Waals surface area contributed by atoms with Crippen LogP contribution in [0.25, 0.3) is 0 Å². The van der Waals surface area contributed by atoms with Crippen LogP contribution in [0.4, 0.5) is 4.79 Å². The van der Waals surface area contributed by atoms with Gasteiger partial charge < -0.3 is 15.2 Å². The van der Waals surface area contributed by atoms with Crippen molar-refractivity contribution in [1.29, 1.82) is 0 Å². The van der Waals surface area contributed by atoms with Crippen molar-refractivity contribution in [2.24, 2.45) is 0 Å². The molecular formula is C24H30N2O4. The highest BCUT2D eigenvalue weighted by Crippen LogP contribution is 2.25. The van der Waals surface area contributed by atoms with E-state index in [-0.39, 0.29) is 12.5 Å². The summed E-state index contributed by atoms with van der Waals surface area (Å²) in [5.74, 6) is -0.289. The van der Waals surface area contributed by atoms with Crippen molar-refractivity contribution in [3.05, 3.63) is 71.3 Å². The maximum absolute atomic E-state index is 13.0. The molecule has 2 aromatic rings. The van der Waals surface area contributed by atoms with E-state index in [0.717, 1.165) is 16.7 Å².